The van der Waals surface area contributed by atoms with Crippen LogP contribution in [0.2, 0.25) is 0 Å². The van der Waals surface area contributed by atoms with E-state index in [2.05, 4.69) is 4.98 Å². The van der Waals surface area contributed by atoms with Gasteiger partial charge < -0.3 is 19.2 Å². The van der Waals surface area contributed by atoms with E-state index in [0.29, 0.717) is 23.7 Å². The summed E-state index contributed by atoms with van der Waals surface area (Å²) in [6, 6.07) is 4.55. The van der Waals surface area contributed by atoms with Gasteiger partial charge in [0.1, 0.15) is 11.3 Å². The van der Waals surface area contributed by atoms with Crippen molar-refractivity contribution in [1.82, 2.24) is 4.98 Å². The van der Waals surface area contributed by atoms with E-state index in [0.717, 1.165) is 6.42 Å². The molecule has 2 aromatic rings. The van der Waals surface area contributed by atoms with Crippen molar-refractivity contribution >= 4 is 17.1 Å². The summed E-state index contributed by atoms with van der Waals surface area (Å²) in [6.45, 7) is 0.615. The van der Waals surface area contributed by atoms with E-state index in [1.807, 2.05) is 4.90 Å². The number of halogens is 1. The molecule has 0 radical (unpaired) electrons. The number of hydrogen-bond donors (Lipinski definition) is 1. The Balaban J connectivity index is 1.94. The lowest BCUT2D eigenvalue weighted by molar-refractivity contribution is 0.115. The van der Waals surface area contributed by atoms with Gasteiger partial charge in [0, 0.05) is 19.7 Å². The number of aliphatic hydroxyl groups excluding tert-OH is 1. The Morgan fingerprint density at radius 2 is 2.42 bits per heavy atom. The number of aromatic nitrogens is 1. The monoisotopic (exact) mass is 266 g/mol. The maximum atomic E-state index is 13.1. The average molecular weight is 266 g/mol. The Bertz CT molecular complexity index is 586. The van der Waals surface area contributed by atoms with Crippen LogP contribution >= 0.6 is 0 Å². The van der Waals surface area contributed by atoms with Gasteiger partial charge in [0.25, 0.3) is 6.01 Å². The molecule has 2 heterocycles. The lowest BCUT2D eigenvalue weighted by Crippen LogP contribution is -2.32. The van der Waals surface area contributed by atoms with Crippen molar-refractivity contribution in [3.05, 3.63) is 24.0 Å². The van der Waals surface area contributed by atoms with Crippen LogP contribution in [0.15, 0.2) is 22.6 Å². The minimum Gasteiger partial charge on any atom is -0.423 e. The summed E-state index contributed by atoms with van der Waals surface area (Å²) in [7, 11) is 1.64. The number of aliphatic hydroxyl groups is 1. The van der Waals surface area contributed by atoms with Gasteiger partial charge in [-0.2, -0.15) is 4.98 Å². The average Bonchev–Trinajstić information content (AvgIpc) is 3.00. The van der Waals surface area contributed by atoms with E-state index >= 15 is 0 Å². The number of ether oxygens (including phenoxy) is 1. The van der Waals surface area contributed by atoms with Crippen molar-refractivity contribution in [2.24, 2.45) is 0 Å². The highest BCUT2D eigenvalue weighted by Crippen LogP contribution is 2.29. The van der Waals surface area contributed by atoms with Crippen molar-refractivity contribution in [3.63, 3.8) is 0 Å². The fourth-order valence-corrected chi connectivity index (χ4v) is 2.46. The third kappa shape index (κ3) is 2.17. The summed E-state index contributed by atoms with van der Waals surface area (Å²) < 4.78 is 24.0. The molecule has 1 saturated heterocycles. The smallest absolute Gasteiger partial charge is 0.298 e. The van der Waals surface area contributed by atoms with Crippen LogP contribution in [0.5, 0.6) is 0 Å². The molecule has 102 valence electrons. The minimum atomic E-state index is -0.345. The summed E-state index contributed by atoms with van der Waals surface area (Å²) in [5.41, 5.74) is 1.02. The van der Waals surface area contributed by atoms with Gasteiger partial charge in [-0.05, 0) is 18.6 Å². The first kappa shape index (κ1) is 12.4. The van der Waals surface area contributed by atoms with E-state index < -0.39 is 0 Å². The van der Waals surface area contributed by atoms with Gasteiger partial charge >= 0.3 is 0 Å². The second-order valence-electron chi connectivity index (χ2n) is 4.69. The molecule has 1 N–H and O–H groups in total. The zero-order valence-electron chi connectivity index (χ0n) is 10.5. The van der Waals surface area contributed by atoms with Gasteiger partial charge in [0.05, 0.1) is 18.8 Å². The number of anilines is 1. The molecule has 1 aliphatic heterocycles. The second kappa shape index (κ2) is 4.79. The third-order valence-electron chi connectivity index (χ3n) is 3.50. The van der Waals surface area contributed by atoms with Gasteiger partial charge in [-0.15, -0.1) is 0 Å². The fourth-order valence-electron chi connectivity index (χ4n) is 2.46. The maximum Gasteiger partial charge on any atom is 0.298 e. The molecular formula is C13H15FN2O3. The third-order valence-corrected chi connectivity index (χ3v) is 3.50. The standard InChI is InChI=1S/C13H15FN2O3/c1-18-10-5-9(7-17)16(6-10)13-15-11-4-8(14)2-3-12(11)19-13/h2-4,9-10,17H,5-7H2,1H3/t9-,10-/m0/s1. The largest absolute Gasteiger partial charge is 0.423 e. The van der Waals surface area contributed by atoms with Crippen LogP contribution in [0.25, 0.3) is 11.1 Å². The van der Waals surface area contributed by atoms with Crippen molar-refractivity contribution < 1.29 is 18.7 Å². The van der Waals surface area contributed by atoms with Gasteiger partial charge in [-0.3, -0.25) is 0 Å². The van der Waals surface area contributed by atoms with Crippen LogP contribution < -0.4 is 4.90 Å². The first-order valence-electron chi connectivity index (χ1n) is 6.17. The van der Waals surface area contributed by atoms with E-state index in [9.17, 15) is 9.50 Å². The molecule has 6 heteroatoms. The molecule has 19 heavy (non-hydrogen) atoms. The van der Waals surface area contributed by atoms with Crippen molar-refractivity contribution in [2.45, 2.75) is 18.6 Å². The highest BCUT2D eigenvalue weighted by Gasteiger charge is 2.34. The highest BCUT2D eigenvalue weighted by atomic mass is 19.1. The zero-order chi connectivity index (χ0) is 13.4. The SMILES string of the molecule is CO[C@H]1C[C@@H](CO)N(c2nc3cc(F)ccc3o2)C1. The maximum absolute atomic E-state index is 13.1. The lowest BCUT2D eigenvalue weighted by atomic mass is 10.2. The van der Waals surface area contributed by atoms with E-state index in [4.69, 9.17) is 9.15 Å². The number of oxazole rings is 1. The highest BCUT2D eigenvalue weighted by molar-refractivity contribution is 5.74. The predicted molar refractivity (Wildman–Crippen MR) is 67.6 cm³/mol. The lowest BCUT2D eigenvalue weighted by Gasteiger charge is -2.19. The Morgan fingerprint density at radius 1 is 1.58 bits per heavy atom. The topological polar surface area (TPSA) is 58.7 Å². The summed E-state index contributed by atoms with van der Waals surface area (Å²) in [4.78, 5) is 6.14. The Labute approximate surface area is 109 Å². The molecule has 1 aliphatic rings. The molecule has 3 rings (SSSR count). The normalized spacial score (nSPS) is 23.4. The fraction of sp³-hybridized carbons (Fsp3) is 0.462. The Hall–Kier alpha value is -1.66. The second-order valence-corrected chi connectivity index (χ2v) is 4.69. The van der Waals surface area contributed by atoms with Crippen LogP contribution in [-0.4, -0.2) is 42.5 Å². The van der Waals surface area contributed by atoms with Crippen molar-refractivity contribution in [3.8, 4) is 0 Å². The number of hydrogen-bond acceptors (Lipinski definition) is 5. The Morgan fingerprint density at radius 3 is 3.16 bits per heavy atom. The summed E-state index contributed by atoms with van der Waals surface area (Å²) in [5.74, 6) is -0.345. The van der Waals surface area contributed by atoms with E-state index in [1.54, 1.807) is 13.2 Å². The van der Waals surface area contributed by atoms with Crippen LogP contribution in [0, 0.1) is 5.82 Å². The number of rotatable bonds is 3. The first-order chi connectivity index (χ1) is 9.21. The molecule has 0 amide bonds. The molecule has 5 nitrogen and oxygen atoms in total. The molecule has 1 fully saturated rings. The first-order valence-corrected chi connectivity index (χ1v) is 6.17. The van der Waals surface area contributed by atoms with Crippen LogP contribution in [0.1, 0.15) is 6.42 Å². The Kier molecular flexibility index (Phi) is 3.12. The van der Waals surface area contributed by atoms with Crippen LogP contribution in [-0.2, 0) is 4.74 Å². The van der Waals surface area contributed by atoms with Gasteiger partial charge in [0.2, 0.25) is 0 Å². The zero-order valence-corrected chi connectivity index (χ0v) is 10.5. The number of fused-ring (bicyclic) bond motifs is 1. The summed E-state index contributed by atoms with van der Waals surface area (Å²) in [6.07, 6.45) is 0.768. The van der Waals surface area contributed by atoms with Crippen molar-refractivity contribution in [1.29, 1.82) is 0 Å². The molecule has 0 spiro atoms. The number of nitrogens with zero attached hydrogens (tertiary/aromatic N) is 2. The molecule has 2 atom stereocenters. The quantitative estimate of drug-likeness (QED) is 0.913. The van der Waals surface area contributed by atoms with Crippen LogP contribution in [0.4, 0.5) is 10.4 Å². The molecule has 1 aromatic carbocycles. The predicted octanol–water partition coefficient (Wildman–Crippen LogP) is 1.55. The van der Waals surface area contributed by atoms with Crippen molar-refractivity contribution in [2.75, 3.05) is 25.2 Å². The molecule has 0 unspecified atom stereocenters. The number of methoxy groups -OCH3 is 1. The van der Waals surface area contributed by atoms with Gasteiger partial charge in [-0.1, -0.05) is 0 Å². The van der Waals surface area contributed by atoms with E-state index in [-0.39, 0.29) is 24.6 Å². The molecular weight excluding hydrogens is 251 g/mol. The molecule has 0 saturated carbocycles. The number of benzene rings is 1. The molecule has 1 aromatic heterocycles. The minimum absolute atomic E-state index is 0.00689. The summed E-state index contributed by atoms with van der Waals surface area (Å²) in [5, 5.41) is 9.40. The van der Waals surface area contributed by atoms with Gasteiger partial charge in [0.15, 0.2) is 5.58 Å². The molecule has 0 bridgehead atoms. The van der Waals surface area contributed by atoms with Gasteiger partial charge in [-0.25, -0.2) is 4.39 Å². The van der Waals surface area contributed by atoms with Crippen LogP contribution in [0.3, 0.4) is 0 Å². The van der Waals surface area contributed by atoms with E-state index in [1.165, 1.54) is 12.1 Å². The summed E-state index contributed by atoms with van der Waals surface area (Å²) >= 11 is 0. The molecule has 0 aliphatic carbocycles.